The minimum Gasteiger partial charge on any atom is -0.347 e. The molecule has 1 saturated heterocycles. The van der Waals surface area contributed by atoms with Gasteiger partial charge < -0.3 is 20.4 Å². The second kappa shape index (κ2) is 8.11. The lowest BCUT2D eigenvalue weighted by molar-refractivity contribution is 0.251. The third-order valence-electron chi connectivity index (χ3n) is 4.06. The molecule has 0 spiro atoms. The summed E-state index contributed by atoms with van der Waals surface area (Å²) in [6, 6.07) is 2.60. The van der Waals surface area contributed by atoms with Crippen LogP contribution in [0.5, 0.6) is 0 Å². The van der Waals surface area contributed by atoms with Gasteiger partial charge in [0.1, 0.15) is 17.3 Å². The molecular formula is C17H21F2N7O. The van der Waals surface area contributed by atoms with Crippen molar-refractivity contribution >= 4 is 23.6 Å². The van der Waals surface area contributed by atoms with Crippen LogP contribution in [-0.2, 0) is 6.54 Å². The van der Waals surface area contributed by atoms with E-state index in [0.717, 1.165) is 38.1 Å². The van der Waals surface area contributed by atoms with Crippen molar-refractivity contribution in [1.82, 2.24) is 20.3 Å². The molecule has 1 aliphatic rings. The molecule has 2 heterocycles. The van der Waals surface area contributed by atoms with E-state index in [1.165, 1.54) is 6.07 Å². The first-order valence-corrected chi connectivity index (χ1v) is 8.60. The Morgan fingerprint density at radius 2 is 1.81 bits per heavy atom. The van der Waals surface area contributed by atoms with Crippen LogP contribution in [0.4, 0.5) is 31.2 Å². The molecule has 144 valence electrons. The van der Waals surface area contributed by atoms with E-state index in [1.807, 2.05) is 14.1 Å². The van der Waals surface area contributed by atoms with Crippen molar-refractivity contribution in [3.63, 3.8) is 0 Å². The first-order chi connectivity index (χ1) is 12.9. The predicted octanol–water partition coefficient (Wildman–Crippen LogP) is 2.14. The van der Waals surface area contributed by atoms with Crippen molar-refractivity contribution in [2.75, 3.05) is 42.3 Å². The second-order valence-corrected chi connectivity index (χ2v) is 6.34. The number of benzene rings is 1. The van der Waals surface area contributed by atoms with Crippen LogP contribution in [0.1, 0.15) is 18.7 Å². The molecule has 3 rings (SSSR count). The fourth-order valence-electron chi connectivity index (χ4n) is 2.67. The Hall–Kier alpha value is -3.04. The number of hydrogen-bond donors (Lipinski definition) is 2. The number of carbonyl (C=O) groups is 1. The Morgan fingerprint density at radius 3 is 2.44 bits per heavy atom. The number of carbonyl (C=O) groups excluding carboxylic acids is 1. The van der Waals surface area contributed by atoms with Crippen LogP contribution >= 0.6 is 0 Å². The minimum absolute atomic E-state index is 0.00783. The maximum absolute atomic E-state index is 13.6. The molecule has 1 aromatic carbocycles. The number of urea groups is 1. The third-order valence-corrected chi connectivity index (χ3v) is 4.06. The lowest BCUT2D eigenvalue weighted by Crippen LogP contribution is -2.31. The maximum atomic E-state index is 13.6. The summed E-state index contributed by atoms with van der Waals surface area (Å²) in [5.41, 5.74) is -0.502. The van der Waals surface area contributed by atoms with E-state index in [0.29, 0.717) is 17.7 Å². The molecule has 8 nitrogen and oxygen atoms in total. The molecular weight excluding hydrogens is 356 g/mol. The quantitative estimate of drug-likeness (QED) is 0.830. The smallest absolute Gasteiger partial charge is 0.319 e. The van der Waals surface area contributed by atoms with E-state index in [9.17, 15) is 13.6 Å². The van der Waals surface area contributed by atoms with Gasteiger partial charge in [0.2, 0.25) is 11.9 Å². The van der Waals surface area contributed by atoms with Crippen molar-refractivity contribution in [2.24, 2.45) is 0 Å². The molecule has 2 aromatic rings. The summed E-state index contributed by atoms with van der Waals surface area (Å²) in [6.07, 6.45) is 2.15. The summed E-state index contributed by atoms with van der Waals surface area (Å²) in [7, 11) is 3.63. The molecule has 0 atom stereocenters. The molecule has 1 aromatic heterocycles. The van der Waals surface area contributed by atoms with Gasteiger partial charge in [-0.05, 0) is 25.0 Å². The van der Waals surface area contributed by atoms with Crippen LogP contribution in [-0.4, -0.2) is 48.2 Å². The highest BCUT2D eigenvalue weighted by molar-refractivity contribution is 5.89. The van der Waals surface area contributed by atoms with E-state index >= 15 is 0 Å². The lowest BCUT2D eigenvalue weighted by atomic mass is 10.3. The molecule has 0 radical (unpaired) electrons. The Kier molecular flexibility index (Phi) is 5.63. The van der Waals surface area contributed by atoms with Crippen LogP contribution in [0, 0.1) is 11.6 Å². The second-order valence-electron chi connectivity index (χ2n) is 6.34. The Morgan fingerprint density at radius 1 is 1.15 bits per heavy atom. The zero-order chi connectivity index (χ0) is 19.4. The molecule has 0 bridgehead atoms. The summed E-state index contributed by atoms with van der Waals surface area (Å²) < 4.78 is 27.2. The number of nitrogens with one attached hydrogen (secondary N) is 2. The van der Waals surface area contributed by atoms with Crippen LogP contribution in [0.15, 0.2) is 18.2 Å². The lowest BCUT2D eigenvalue weighted by Gasteiger charge is -2.19. The molecule has 10 heteroatoms. The van der Waals surface area contributed by atoms with Crippen molar-refractivity contribution < 1.29 is 13.6 Å². The van der Waals surface area contributed by atoms with E-state index in [-0.39, 0.29) is 6.54 Å². The first kappa shape index (κ1) is 18.7. The van der Waals surface area contributed by atoms with E-state index in [2.05, 4.69) is 30.5 Å². The van der Waals surface area contributed by atoms with Gasteiger partial charge in [0, 0.05) is 27.2 Å². The SMILES string of the molecule is CN(C)c1nc(CNC(=O)Nc2c(F)cccc2F)nc(N2CCCC2)n1. The zero-order valence-electron chi connectivity index (χ0n) is 15.2. The minimum atomic E-state index is -0.850. The number of nitrogens with zero attached hydrogens (tertiary/aromatic N) is 5. The van der Waals surface area contributed by atoms with E-state index in [4.69, 9.17) is 0 Å². The summed E-state index contributed by atoms with van der Waals surface area (Å²) in [5.74, 6) is -0.305. The summed E-state index contributed by atoms with van der Waals surface area (Å²) in [6.45, 7) is 1.74. The van der Waals surface area contributed by atoms with Crippen LogP contribution in [0.2, 0.25) is 0 Å². The fourth-order valence-corrected chi connectivity index (χ4v) is 2.67. The van der Waals surface area contributed by atoms with E-state index < -0.39 is 23.4 Å². The van der Waals surface area contributed by atoms with Crippen molar-refractivity contribution in [1.29, 1.82) is 0 Å². The molecule has 0 unspecified atom stereocenters. The predicted molar refractivity (Wildman–Crippen MR) is 97.8 cm³/mol. The fraction of sp³-hybridized carbons (Fsp3) is 0.412. The van der Waals surface area contributed by atoms with Crippen molar-refractivity contribution in [3.8, 4) is 0 Å². The van der Waals surface area contributed by atoms with Crippen LogP contribution < -0.4 is 20.4 Å². The van der Waals surface area contributed by atoms with Gasteiger partial charge in [0.05, 0.1) is 6.54 Å². The average Bonchev–Trinajstić information content (AvgIpc) is 3.18. The van der Waals surface area contributed by atoms with Gasteiger partial charge in [-0.2, -0.15) is 15.0 Å². The molecule has 0 aliphatic carbocycles. The summed E-state index contributed by atoms with van der Waals surface area (Å²) in [4.78, 5) is 29.0. The molecule has 0 saturated carbocycles. The number of aromatic nitrogens is 3. The standard InChI is InChI=1S/C17H21F2N7O/c1-25(2)15-21-13(22-16(24-15)26-8-3-4-9-26)10-20-17(27)23-14-11(18)6-5-7-12(14)19/h5-7H,3-4,8-10H2,1-2H3,(H2,20,23,27). The van der Waals surface area contributed by atoms with Gasteiger partial charge in [-0.15, -0.1) is 0 Å². The van der Waals surface area contributed by atoms with Crippen molar-refractivity contribution in [2.45, 2.75) is 19.4 Å². The average molecular weight is 377 g/mol. The summed E-state index contributed by atoms with van der Waals surface area (Å²) in [5, 5.41) is 4.68. The zero-order valence-corrected chi connectivity index (χ0v) is 15.2. The van der Waals surface area contributed by atoms with Gasteiger partial charge in [-0.1, -0.05) is 6.07 Å². The van der Waals surface area contributed by atoms with Gasteiger partial charge in [-0.25, -0.2) is 13.6 Å². The van der Waals surface area contributed by atoms with Gasteiger partial charge >= 0.3 is 6.03 Å². The van der Waals surface area contributed by atoms with E-state index in [1.54, 1.807) is 4.90 Å². The third kappa shape index (κ3) is 4.57. The molecule has 27 heavy (non-hydrogen) atoms. The Balaban J connectivity index is 1.70. The Bertz CT molecular complexity index is 805. The summed E-state index contributed by atoms with van der Waals surface area (Å²) >= 11 is 0. The number of anilines is 3. The number of hydrogen-bond acceptors (Lipinski definition) is 6. The van der Waals surface area contributed by atoms with Gasteiger partial charge in [0.25, 0.3) is 0 Å². The highest BCUT2D eigenvalue weighted by Crippen LogP contribution is 2.19. The molecule has 1 aliphatic heterocycles. The number of rotatable bonds is 5. The number of halogens is 2. The van der Waals surface area contributed by atoms with Gasteiger partial charge in [-0.3, -0.25) is 0 Å². The maximum Gasteiger partial charge on any atom is 0.319 e. The first-order valence-electron chi connectivity index (χ1n) is 8.60. The van der Waals surface area contributed by atoms with Crippen LogP contribution in [0.25, 0.3) is 0 Å². The topological polar surface area (TPSA) is 86.3 Å². The molecule has 2 amide bonds. The highest BCUT2D eigenvalue weighted by atomic mass is 19.1. The number of para-hydroxylation sites is 1. The molecule has 1 fully saturated rings. The van der Waals surface area contributed by atoms with Gasteiger partial charge in [0.15, 0.2) is 5.82 Å². The molecule has 2 N–H and O–H groups in total. The van der Waals surface area contributed by atoms with Crippen molar-refractivity contribution in [3.05, 3.63) is 35.7 Å². The normalized spacial score (nSPS) is 13.6. The number of amides is 2. The Labute approximate surface area is 155 Å². The monoisotopic (exact) mass is 377 g/mol. The largest absolute Gasteiger partial charge is 0.347 e. The van der Waals surface area contributed by atoms with Crippen LogP contribution in [0.3, 0.4) is 0 Å². The highest BCUT2D eigenvalue weighted by Gasteiger charge is 2.18.